The molecular formula is C19H23N3O. The maximum atomic E-state index is 11.5. The fourth-order valence-electron chi connectivity index (χ4n) is 3.06. The highest BCUT2D eigenvalue weighted by molar-refractivity contribution is 5.81. The normalized spacial score (nSPS) is 15.1. The summed E-state index contributed by atoms with van der Waals surface area (Å²) < 4.78 is 0. The summed E-state index contributed by atoms with van der Waals surface area (Å²) in [5, 5.41) is 0. The average molecular weight is 309 g/mol. The molecular weight excluding hydrogens is 286 g/mol. The Morgan fingerprint density at radius 3 is 2.30 bits per heavy atom. The summed E-state index contributed by atoms with van der Waals surface area (Å²) in [5.41, 5.74) is 4.49. The van der Waals surface area contributed by atoms with Crippen molar-refractivity contribution in [3.63, 3.8) is 0 Å². The Morgan fingerprint density at radius 2 is 1.70 bits per heavy atom. The summed E-state index contributed by atoms with van der Waals surface area (Å²) in [4.78, 5) is 23.3. The van der Waals surface area contributed by atoms with Crippen LogP contribution in [0.1, 0.15) is 36.6 Å². The van der Waals surface area contributed by atoms with Crippen LogP contribution in [0, 0.1) is 13.8 Å². The molecule has 1 fully saturated rings. The lowest BCUT2D eigenvalue weighted by Gasteiger charge is -2.29. The van der Waals surface area contributed by atoms with Gasteiger partial charge in [0.2, 0.25) is 0 Å². The number of carbonyl (C=O) groups is 1. The summed E-state index contributed by atoms with van der Waals surface area (Å²) in [5.74, 6) is 2.12. The number of Topliss-reactive ketones (excluding diaryl/α,β-unsaturated/α-hetero) is 1. The molecule has 0 N–H and O–H groups in total. The van der Waals surface area contributed by atoms with Crippen molar-refractivity contribution in [1.29, 1.82) is 0 Å². The topological polar surface area (TPSA) is 46.1 Å². The fraction of sp³-hybridized carbons (Fsp3) is 0.421. The summed E-state index contributed by atoms with van der Waals surface area (Å²) >= 11 is 0. The first-order valence-electron chi connectivity index (χ1n) is 8.29. The molecule has 3 rings (SSSR count). The number of hydrogen-bond donors (Lipinski definition) is 0. The van der Waals surface area contributed by atoms with E-state index in [0.29, 0.717) is 18.6 Å². The lowest BCUT2D eigenvalue weighted by Crippen LogP contribution is -2.35. The highest BCUT2D eigenvalue weighted by atomic mass is 16.1. The van der Waals surface area contributed by atoms with E-state index in [-0.39, 0.29) is 0 Å². The van der Waals surface area contributed by atoms with Gasteiger partial charge in [0.15, 0.2) is 5.82 Å². The second-order valence-corrected chi connectivity index (χ2v) is 6.18. The van der Waals surface area contributed by atoms with Crippen molar-refractivity contribution in [1.82, 2.24) is 9.97 Å². The molecule has 1 aliphatic heterocycles. The SMILES string of the molecule is CCc1c(C)nc(-c2ccc(C)cc2)nc1N1CCC(=O)CC1. The summed E-state index contributed by atoms with van der Waals surface area (Å²) in [6.07, 6.45) is 2.14. The largest absolute Gasteiger partial charge is 0.355 e. The van der Waals surface area contributed by atoms with Crippen molar-refractivity contribution >= 4 is 11.6 Å². The highest BCUT2D eigenvalue weighted by Crippen LogP contribution is 2.27. The first-order valence-corrected chi connectivity index (χ1v) is 8.29. The number of nitrogens with zero attached hydrogens (tertiary/aromatic N) is 3. The van der Waals surface area contributed by atoms with Crippen LogP contribution in [-0.2, 0) is 11.2 Å². The van der Waals surface area contributed by atoms with Crippen molar-refractivity contribution in [2.45, 2.75) is 40.0 Å². The van der Waals surface area contributed by atoms with Crippen LogP contribution >= 0.6 is 0 Å². The van der Waals surface area contributed by atoms with Crippen molar-refractivity contribution in [2.75, 3.05) is 18.0 Å². The van der Waals surface area contributed by atoms with Crippen LogP contribution in [-0.4, -0.2) is 28.8 Å². The number of anilines is 1. The summed E-state index contributed by atoms with van der Waals surface area (Å²) in [6.45, 7) is 7.78. The zero-order valence-electron chi connectivity index (χ0n) is 14.1. The maximum Gasteiger partial charge on any atom is 0.161 e. The van der Waals surface area contributed by atoms with E-state index in [1.165, 1.54) is 11.1 Å². The molecule has 0 saturated carbocycles. The van der Waals surface area contributed by atoms with Gasteiger partial charge in [-0.25, -0.2) is 9.97 Å². The van der Waals surface area contributed by atoms with E-state index in [4.69, 9.17) is 9.97 Å². The van der Waals surface area contributed by atoms with Crippen LogP contribution in [0.3, 0.4) is 0 Å². The van der Waals surface area contributed by atoms with Gasteiger partial charge in [0.05, 0.1) is 0 Å². The quantitative estimate of drug-likeness (QED) is 0.870. The van der Waals surface area contributed by atoms with Gasteiger partial charge >= 0.3 is 0 Å². The molecule has 0 atom stereocenters. The van der Waals surface area contributed by atoms with E-state index in [9.17, 15) is 4.79 Å². The number of piperidine rings is 1. The predicted molar refractivity (Wildman–Crippen MR) is 92.8 cm³/mol. The molecule has 0 spiro atoms. The second kappa shape index (κ2) is 6.49. The molecule has 0 bridgehead atoms. The van der Waals surface area contributed by atoms with Crippen molar-refractivity contribution in [3.8, 4) is 11.4 Å². The van der Waals surface area contributed by atoms with Crippen LogP contribution < -0.4 is 4.90 Å². The first-order chi connectivity index (χ1) is 11.1. The minimum Gasteiger partial charge on any atom is -0.355 e. The van der Waals surface area contributed by atoms with Crippen LogP contribution in [0.15, 0.2) is 24.3 Å². The van der Waals surface area contributed by atoms with Gasteiger partial charge in [-0.1, -0.05) is 36.8 Å². The number of carbonyl (C=O) groups excluding carboxylic acids is 1. The third-order valence-corrected chi connectivity index (χ3v) is 4.48. The van der Waals surface area contributed by atoms with E-state index >= 15 is 0 Å². The summed E-state index contributed by atoms with van der Waals surface area (Å²) in [7, 11) is 0. The Kier molecular flexibility index (Phi) is 4.42. The molecule has 0 radical (unpaired) electrons. The monoisotopic (exact) mass is 309 g/mol. The standard InChI is InChI=1S/C19H23N3O/c1-4-17-14(3)20-18(15-7-5-13(2)6-8-15)21-19(17)22-11-9-16(23)10-12-22/h5-8H,4,9-12H2,1-3H3. The summed E-state index contributed by atoms with van der Waals surface area (Å²) in [6, 6.07) is 8.31. The molecule has 1 aromatic heterocycles. The Balaban J connectivity index is 2.03. The molecule has 120 valence electrons. The predicted octanol–water partition coefficient (Wildman–Crippen LogP) is 3.49. The molecule has 0 amide bonds. The molecule has 0 aliphatic carbocycles. The van der Waals surface area contributed by atoms with Crippen LogP contribution in [0.2, 0.25) is 0 Å². The van der Waals surface area contributed by atoms with Crippen LogP contribution in [0.4, 0.5) is 5.82 Å². The van der Waals surface area contributed by atoms with Gasteiger partial charge in [-0.15, -0.1) is 0 Å². The van der Waals surface area contributed by atoms with Gasteiger partial charge in [-0.05, 0) is 20.3 Å². The van der Waals surface area contributed by atoms with Crippen LogP contribution in [0.25, 0.3) is 11.4 Å². The number of hydrogen-bond acceptors (Lipinski definition) is 4. The average Bonchev–Trinajstić information content (AvgIpc) is 2.55. The van der Waals surface area contributed by atoms with Crippen LogP contribution in [0.5, 0.6) is 0 Å². The number of aromatic nitrogens is 2. The minimum atomic E-state index is 0.351. The molecule has 2 heterocycles. The molecule has 1 saturated heterocycles. The number of benzene rings is 1. The third kappa shape index (κ3) is 3.26. The lowest BCUT2D eigenvalue weighted by atomic mass is 10.1. The van der Waals surface area contributed by atoms with Gasteiger partial charge in [0, 0.05) is 42.8 Å². The fourth-order valence-corrected chi connectivity index (χ4v) is 3.06. The highest BCUT2D eigenvalue weighted by Gasteiger charge is 2.22. The van der Waals surface area contributed by atoms with Gasteiger partial charge < -0.3 is 4.90 Å². The van der Waals surface area contributed by atoms with Gasteiger partial charge in [0.1, 0.15) is 11.6 Å². The molecule has 2 aromatic rings. The van der Waals surface area contributed by atoms with E-state index in [2.05, 4.69) is 49.9 Å². The van der Waals surface area contributed by atoms with Crippen molar-refractivity contribution < 1.29 is 4.79 Å². The van der Waals surface area contributed by atoms with Gasteiger partial charge in [-0.3, -0.25) is 4.79 Å². The van der Waals surface area contributed by atoms with Gasteiger partial charge in [0.25, 0.3) is 0 Å². The number of aryl methyl sites for hydroxylation is 2. The smallest absolute Gasteiger partial charge is 0.161 e. The molecule has 23 heavy (non-hydrogen) atoms. The molecule has 4 heteroatoms. The Labute approximate surface area is 137 Å². The Morgan fingerprint density at radius 1 is 1.04 bits per heavy atom. The number of ketones is 1. The second-order valence-electron chi connectivity index (χ2n) is 6.18. The zero-order valence-corrected chi connectivity index (χ0v) is 14.1. The molecule has 0 unspecified atom stereocenters. The van der Waals surface area contributed by atoms with Crippen molar-refractivity contribution in [2.24, 2.45) is 0 Å². The zero-order chi connectivity index (χ0) is 16.4. The van der Waals surface area contributed by atoms with E-state index < -0.39 is 0 Å². The first kappa shape index (κ1) is 15.7. The van der Waals surface area contributed by atoms with E-state index in [0.717, 1.165) is 42.4 Å². The lowest BCUT2D eigenvalue weighted by molar-refractivity contribution is -0.119. The Bertz CT molecular complexity index is 712. The Hall–Kier alpha value is -2.23. The maximum absolute atomic E-state index is 11.5. The van der Waals surface area contributed by atoms with E-state index in [1.807, 2.05) is 0 Å². The third-order valence-electron chi connectivity index (χ3n) is 4.48. The molecule has 1 aromatic carbocycles. The molecule has 4 nitrogen and oxygen atoms in total. The number of rotatable bonds is 3. The van der Waals surface area contributed by atoms with Gasteiger partial charge in [-0.2, -0.15) is 0 Å². The van der Waals surface area contributed by atoms with E-state index in [1.54, 1.807) is 0 Å². The molecule has 1 aliphatic rings. The minimum absolute atomic E-state index is 0.351. The van der Waals surface area contributed by atoms with Crippen molar-refractivity contribution in [3.05, 3.63) is 41.1 Å².